The van der Waals surface area contributed by atoms with Crippen molar-refractivity contribution in [3.8, 4) is 11.3 Å². The third-order valence-corrected chi connectivity index (χ3v) is 6.17. The van der Waals surface area contributed by atoms with Crippen molar-refractivity contribution in [2.45, 2.75) is 12.4 Å². The third-order valence-electron chi connectivity index (χ3n) is 6.17. The number of rotatable bonds is 3. The summed E-state index contributed by atoms with van der Waals surface area (Å²) in [6.07, 6.45) is -8.15. The number of fused-ring (bicyclic) bond motifs is 1. The molecule has 2 aromatic carbocycles. The van der Waals surface area contributed by atoms with Crippen LogP contribution in [-0.2, 0) is 12.4 Å². The highest BCUT2D eigenvalue weighted by Gasteiger charge is 2.37. The van der Waals surface area contributed by atoms with Crippen LogP contribution in [0.1, 0.15) is 21.6 Å². The first-order valence-electron chi connectivity index (χ1n) is 11.3. The van der Waals surface area contributed by atoms with Gasteiger partial charge in [0.15, 0.2) is 11.3 Å². The molecule has 3 heterocycles. The summed E-state index contributed by atoms with van der Waals surface area (Å²) in [6.45, 7) is 0.833. The largest absolute Gasteiger partial charge is 0.433 e. The van der Waals surface area contributed by atoms with Crippen LogP contribution in [0.5, 0.6) is 0 Å². The average molecular weight is 519 g/mol. The Hall–Kier alpha value is -4.09. The van der Waals surface area contributed by atoms with Gasteiger partial charge in [-0.15, -0.1) is 0 Å². The van der Waals surface area contributed by atoms with E-state index in [0.717, 1.165) is 24.4 Å². The Morgan fingerprint density at radius 3 is 2.16 bits per heavy atom. The minimum Gasteiger partial charge on any atom is -0.368 e. The first kappa shape index (κ1) is 24.6. The molecule has 0 bridgehead atoms. The minimum absolute atomic E-state index is 0.0457. The van der Waals surface area contributed by atoms with E-state index in [1.807, 2.05) is 0 Å². The summed E-state index contributed by atoms with van der Waals surface area (Å²) in [5, 5.41) is 3.80. The Bertz CT molecular complexity index is 1440. The van der Waals surface area contributed by atoms with Crippen LogP contribution in [0.2, 0.25) is 0 Å². The second-order valence-corrected chi connectivity index (χ2v) is 8.51. The SMILES string of the molecule is O=C(c1cnn2c(C(F)(F)F)cc(-c3ccccc3)nc12)N1CCN(c2cccc(C(F)(F)F)c2)CC1. The van der Waals surface area contributed by atoms with Gasteiger partial charge in [-0.2, -0.15) is 31.4 Å². The Labute approximate surface area is 206 Å². The van der Waals surface area contributed by atoms with E-state index in [-0.39, 0.29) is 43.1 Å². The summed E-state index contributed by atoms with van der Waals surface area (Å²) < 4.78 is 81.3. The number of alkyl halides is 6. The molecule has 0 aliphatic carbocycles. The van der Waals surface area contributed by atoms with E-state index in [4.69, 9.17) is 0 Å². The lowest BCUT2D eigenvalue weighted by Crippen LogP contribution is -2.48. The highest BCUT2D eigenvalue weighted by molar-refractivity contribution is 6.00. The highest BCUT2D eigenvalue weighted by atomic mass is 19.4. The number of nitrogens with zero attached hydrogens (tertiary/aromatic N) is 5. The molecule has 0 radical (unpaired) electrons. The molecule has 37 heavy (non-hydrogen) atoms. The fraction of sp³-hybridized carbons (Fsp3) is 0.240. The number of amides is 1. The lowest BCUT2D eigenvalue weighted by molar-refractivity contribution is -0.142. The maximum absolute atomic E-state index is 13.8. The molecule has 12 heteroatoms. The summed E-state index contributed by atoms with van der Waals surface area (Å²) >= 11 is 0. The number of aromatic nitrogens is 3. The Kier molecular flexibility index (Phi) is 6.04. The summed E-state index contributed by atoms with van der Waals surface area (Å²) in [7, 11) is 0. The molecule has 1 saturated heterocycles. The standard InChI is InChI=1S/C25H19F6N5O/c26-24(27,28)17-7-4-8-18(13-17)34-9-11-35(12-10-34)23(37)19-15-32-36-21(25(29,30)31)14-20(33-22(19)36)16-5-2-1-3-6-16/h1-8,13-15H,9-12H2. The Balaban J connectivity index is 1.42. The van der Waals surface area contributed by atoms with Gasteiger partial charge in [-0.3, -0.25) is 4.79 Å². The minimum atomic E-state index is -4.74. The van der Waals surface area contributed by atoms with Gasteiger partial charge in [-0.25, -0.2) is 9.50 Å². The van der Waals surface area contributed by atoms with Crippen molar-refractivity contribution in [1.82, 2.24) is 19.5 Å². The van der Waals surface area contributed by atoms with Gasteiger partial charge in [-0.1, -0.05) is 36.4 Å². The van der Waals surface area contributed by atoms with Crippen LogP contribution in [0, 0.1) is 0 Å². The number of anilines is 1. The van der Waals surface area contributed by atoms with Crippen molar-refractivity contribution in [3.05, 3.63) is 83.7 Å². The van der Waals surface area contributed by atoms with Crippen molar-refractivity contribution in [2.24, 2.45) is 0 Å². The predicted molar refractivity (Wildman–Crippen MR) is 123 cm³/mol. The lowest BCUT2D eigenvalue weighted by atomic mass is 10.1. The van der Waals surface area contributed by atoms with Crippen molar-refractivity contribution in [2.75, 3.05) is 31.1 Å². The van der Waals surface area contributed by atoms with Gasteiger partial charge in [0.2, 0.25) is 0 Å². The van der Waals surface area contributed by atoms with Crippen LogP contribution < -0.4 is 4.90 Å². The van der Waals surface area contributed by atoms with Crippen LogP contribution >= 0.6 is 0 Å². The average Bonchev–Trinajstić information content (AvgIpc) is 3.31. The monoisotopic (exact) mass is 519 g/mol. The first-order valence-corrected chi connectivity index (χ1v) is 11.3. The van der Waals surface area contributed by atoms with Gasteiger partial charge >= 0.3 is 12.4 Å². The molecule has 2 aromatic heterocycles. The smallest absolute Gasteiger partial charge is 0.368 e. The van der Waals surface area contributed by atoms with E-state index in [0.29, 0.717) is 15.8 Å². The molecule has 5 rings (SSSR count). The third kappa shape index (κ3) is 4.83. The van der Waals surface area contributed by atoms with Gasteiger partial charge in [0, 0.05) is 37.4 Å². The van der Waals surface area contributed by atoms with Crippen LogP contribution in [0.15, 0.2) is 66.9 Å². The number of benzene rings is 2. The van der Waals surface area contributed by atoms with Gasteiger partial charge in [0.05, 0.1) is 17.5 Å². The fourth-order valence-corrected chi connectivity index (χ4v) is 4.29. The molecular formula is C25H19F6N5O. The second kappa shape index (κ2) is 9.09. The van der Waals surface area contributed by atoms with Crippen LogP contribution in [-0.4, -0.2) is 51.6 Å². The molecule has 1 aliphatic rings. The number of carbonyl (C=O) groups is 1. The second-order valence-electron chi connectivity index (χ2n) is 8.51. The van der Waals surface area contributed by atoms with Crippen molar-refractivity contribution >= 4 is 17.2 Å². The molecule has 0 unspecified atom stereocenters. The topological polar surface area (TPSA) is 53.7 Å². The molecule has 6 nitrogen and oxygen atoms in total. The number of halogens is 6. The molecule has 0 atom stereocenters. The molecule has 1 fully saturated rings. The van der Waals surface area contributed by atoms with E-state index >= 15 is 0 Å². The zero-order valence-electron chi connectivity index (χ0n) is 19.1. The van der Waals surface area contributed by atoms with Crippen LogP contribution in [0.4, 0.5) is 32.0 Å². The summed E-state index contributed by atoms with van der Waals surface area (Å²) in [5.74, 6) is -0.551. The molecule has 0 saturated carbocycles. The van der Waals surface area contributed by atoms with E-state index in [1.54, 1.807) is 41.3 Å². The lowest BCUT2D eigenvalue weighted by Gasteiger charge is -2.36. The first-order chi connectivity index (χ1) is 17.5. The van der Waals surface area contributed by atoms with E-state index in [9.17, 15) is 31.1 Å². The zero-order valence-corrected chi connectivity index (χ0v) is 19.1. The molecular weight excluding hydrogens is 500 g/mol. The van der Waals surface area contributed by atoms with Gasteiger partial charge in [-0.05, 0) is 24.3 Å². The molecule has 0 N–H and O–H groups in total. The Morgan fingerprint density at radius 1 is 0.811 bits per heavy atom. The zero-order chi connectivity index (χ0) is 26.4. The van der Waals surface area contributed by atoms with Crippen LogP contribution in [0.25, 0.3) is 16.9 Å². The van der Waals surface area contributed by atoms with E-state index < -0.39 is 29.5 Å². The van der Waals surface area contributed by atoms with E-state index in [2.05, 4.69) is 10.1 Å². The van der Waals surface area contributed by atoms with Crippen molar-refractivity contribution < 1.29 is 31.1 Å². The summed E-state index contributed by atoms with van der Waals surface area (Å²) in [5.41, 5.74) is -1.27. The molecule has 4 aromatic rings. The maximum Gasteiger partial charge on any atom is 0.433 e. The van der Waals surface area contributed by atoms with Gasteiger partial charge in [0.1, 0.15) is 5.56 Å². The molecule has 192 valence electrons. The number of carbonyl (C=O) groups excluding carboxylic acids is 1. The van der Waals surface area contributed by atoms with Crippen molar-refractivity contribution in [1.29, 1.82) is 0 Å². The van der Waals surface area contributed by atoms with E-state index in [1.165, 1.54) is 11.0 Å². The molecule has 0 spiro atoms. The quantitative estimate of drug-likeness (QED) is 0.341. The maximum atomic E-state index is 13.8. The predicted octanol–water partition coefficient (Wildman–Crippen LogP) is 5.40. The fourth-order valence-electron chi connectivity index (χ4n) is 4.29. The normalized spacial score (nSPS) is 14.9. The Morgan fingerprint density at radius 2 is 1.51 bits per heavy atom. The highest BCUT2D eigenvalue weighted by Crippen LogP contribution is 2.34. The summed E-state index contributed by atoms with van der Waals surface area (Å²) in [6, 6.07) is 14.1. The van der Waals surface area contributed by atoms with Gasteiger partial charge < -0.3 is 9.80 Å². The number of piperazine rings is 1. The number of hydrogen-bond acceptors (Lipinski definition) is 4. The summed E-state index contributed by atoms with van der Waals surface area (Å²) in [4.78, 5) is 20.8. The van der Waals surface area contributed by atoms with Crippen molar-refractivity contribution in [3.63, 3.8) is 0 Å². The number of hydrogen-bond donors (Lipinski definition) is 0. The van der Waals surface area contributed by atoms with Gasteiger partial charge in [0.25, 0.3) is 5.91 Å². The molecule has 1 amide bonds. The van der Waals surface area contributed by atoms with Crippen LogP contribution in [0.3, 0.4) is 0 Å². The molecule has 1 aliphatic heterocycles.